The van der Waals surface area contributed by atoms with E-state index in [9.17, 15) is 0 Å². The number of benzene rings is 1. The zero-order valence-electron chi connectivity index (χ0n) is 20.4. The Morgan fingerprint density at radius 3 is 2.34 bits per heavy atom. The van der Waals surface area contributed by atoms with Crippen LogP contribution < -0.4 is 14.8 Å². The van der Waals surface area contributed by atoms with E-state index in [2.05, 4.69) is 110 Å². The third kappa shape index (κ3) is 9.05. The molecule has 1 heterocycles. The van der Waals surface area contributed by atoms with E-state index in [4.69, 9.17) is 0 Å². The molecule has 0 radical (unpaired) electrons. The van der Waals surface area contributed by atoms with E-state index in [0.717, 1.165) is 38.5 Å². The lowest BCUT2D eigenvalue weighted by Gasteiger charge is -2.23. The van der Waals surface area contributed by atoms with E-state index in [1.165, 1.54) is 33.8 Å². The minimum absolute atomic E-state index is 0.978. The average molecular weight is 471 g/mol. The van der Waals surface area contributed by atoms with Crippen LogP contribution in [0.2, 0.25) is 0 Å². The monoisotopic (exact) mass is 470 g/mol. The number of rotatable bonds is 14. The molecule has 0 bridgehead atoms. The Morgan fingerprint density at radius 1 is 0.938 bits per heavy atom. The molecule has 0 aliphatic heterocycles. The maximum atomic E-state index is 3.37. The smallest absolute Gasteiger partial charge is 0.205 e. The van der Waals surface area contributed by atoms with E-state index in [-0.39, 0.29) is 0 Å². The summed E-state index contributed by atoms with van der Waals surface area (Å²) < 4.78 is 2.27. The molecule has 0 fully saturated rings. The maximum Gasteiger partial charge on any atom is 0.205 e. The van der Waals surface area contributed by atoms with Crippen molar-refractivity contribution < 1.29 is 4.57 Å². The second-order valence-corrected chi connectivity index (χ2v) is 10.4. The predicted molar refractivity (Wildman–Crippen MR) is 147 cm³/mol. The Kier molecular flexibility index (Phi) is 12.6. The normalized spacial score (nSPS) is 12.3. The van der Waals surface area contributed by atoms with Gasteiger partial charge in [-0.1, -0.05) is 46.7 Å². The molecule has 0 unspecified atom stereocenters. The highest BCUT2D eigenvalue weighted by Crippen LogP contribution is 2.23. The highest BCUT2D eigenvalue weighted by atomic mass is 33.1. The highest BCUT2D eigenvalue weighted by Gasteiger charge is 2.07. The molecule has 3 nitrogen and oxygen atoms in total. The van der Waals surface area contributed by atoms with Crippen LogP contribution >= 0.6 is 21.6 Å². The van der Waals surface area contributed by atoms with Gasteiger partial charge in [-0.2, -0.15) is 4.57 Å². The van der Waals surface area contributed by atoms with Gasteiger partial charge in [0, 0.05) is 55.0 Å². The number of hydrogen-bond donors (Lipinski definition) is 1. The minimum atomic E-state index is 0.978. The minimum Gasteiger partial charge on any atom is -0.371 e. The van der Waals surface area contributed by atoms with Crippen molar-refractivity contribution in [2.75, 3.05) is 42.6 Å². The molecule has 174 valence electrons. The molecule has 0 amide bonds. The lowest BCUT2D eigenvalue weighted by Crippen LogP contribution is -2.34. The van der Waals surface area contributed by atoms with Gasteiger partial charge in [-0.3, -0.25) is 0 Å². The molecule has 0 saturated carbocycles. The van der Waals surface area contributed by atoms with Crippen LogP contribution in [0.1, 0.15) is 45.9 Å². The summed E-state index contributed by atoms with van der Waals surface area (Å²) in [6, 6.07) is 15.3. The van der Waals surface area contributed by atoms with Crippen LogP contribution in [0.3, 0.4) is 0 Å². The molecule has 1 N–H and O–H groups in total. The molecule has 1 aromatic carbocycles. The Bertz CT molecular complexity index is 859. The van der Waals surface area contributed by atoms with Gasteiger partial charge in [-0.15, -0.1) is 0 Å². The number of aromatic nitrogens is 1. The van der Waals surface area contributed by atoms with Crippen LogP contribution in [-0.2, 0) is 6.54 Å². The first-order chi connectivity index (χ1) is 15.6. The van der Waals surface area contributed by atoms with Gasteiger partial charge in [-0.05, 0) is 69.1 Å². The van der Waals surface area contributed by atoms with Crippen LogP contribution in [0.5, 0.6) is 0 Å². The van der Waals surface area contributed by atoms with Crippen molar-refractivity contribution in [1.29, 1.82) is 0 Å². The maximum absolute atomic E-state index is 3.37. The van der Waals surface area contributed by atoms with Crippen LogP contribution in [0.25, 0.3) is 12.2 Å². The van der Waals surface area contributed by atoms with Crippen molar-refractivity contribution in [3.8, 4) is 0 Å². The number of hydrogen-bond acceptors (Lipinski definition) is 4. The SMILES string of the molecule is CCNCCSSCCN(CC)c1ccc(/C=C(C)\C(C)=C\c2cccc[n+]2CC)cc1. The molecule has 2 aromatic rings. The molecule has 0 aliphatic carbocycles. The fourth-order valence-corrected chi connectivity index (χ4v) is 5.35. The molecule has 32 heavy (non-hydrogen) atoms. The van der Waals surface area contributed by atoms with Crippen LogP contribution in [0.15, 0.2) is 59.8 Å². The van der Waals surface area contributed by atoms with Crippen molar-refractivity contribution in [1.82, 2.24) is 5.32 Å². The summed E-state index contributed by atoms with van der Waals surface area (Å²) >= 11 is 0. The molecule has 0 spiro atoms. The Balaban J connectivity index is 1.95. The number of anilines is 1. The first-order valence-electron chi connectivity index (χ1n) is 11.7. The summed E-state index contributed by atoms with van der Waals surface area (Å²) in [5, 5.41) is 3.37. The molecule has 0 aliphatic rings. The number of pyridine rings is 1. The number of aryl methyl sites for hydroxylation is 1. The highest BCUT2D eigenvalue weighted by molar-refractivity contribution is 8.76. The largest absolute Gasteiger partial charge is 0.371 e. The zero-order valence-corrected chi connectivity index (χ0v) is 22.1. The fourth-order valence-electron chi connectivity index (χ4n) is 3.42. The summed E-state index contributed by atoms with van der Waals surface area (Å²) in [5.74, 6) is 2.31. The van der Waals surface area contributed by atoms with Gasteiger partial charge in [0.25, 0.3) is 0 Å². The summed E-state index contributed by atoms with van der Waals surface area (Å²) in [4.78, 5) is 2.46. The third-order valence-corrected chi connectivity index (χ3v) is 7.85. The fraction of sp³-hybridized carbons (Fsp3) is 0.444. The van der Waals surface area contributed by atoms with Crippen LogP contribution in [0, 0.1) is 0 Å². The standard InChI is InChI=1S/C27H40N3S2/c1-6-28-16-19-31-32-20-18-30(8-3)26-14-12-25(13-15-26)21-23(4)24(5)22-27-11-9-10-17-29(27)7-2/h9-15,17,21-22,28H,6-8,16,18-20H2,1-5H3/q+1. The van der Waals surface area contributed by atoms with Crippen LogP contribution in [-0.4, -0.2) is 37.7 Å². The molecule has 0 saturated heterocycles. The Hall–Kier alpha value is -1.69. The van der Waals surface area contributed by atoms with Crippen molar-refractivity contribution in [3.63, 3.8) is 0 Å². The van der Waals surface area contributed by atoms with Gasteiger partial charge in [-0.25, -0.2) is 0 Å². The average Bonchev–Trinajstić information content (AvgIpc) is 2.82. The molecular formula is C27H40N3S2+. The van der Waals surface area contributed by atoms with Crippen molar-refractivity contribution in [2.45, 2.75) is 41.2 Å². The van der Waals surface area contributed by atoms with Gasteiger partial charge in [0.2, 0.25) is 5.69 Å². The van der Waals surface area contributed by atoms with Gasteiger partial charge in [0.05, 0.1) is 0 Å². The van der Waals surface area contributed by atoms with Gasteiger partial charge >= 0.3 is 0 Å². The number of allylic oxidation sites excluding steroid dienone is 2. The number of nitrogens with zero attached hydrogens (tertiary/aromatic N) is 2. The first-order valence-corrected chi connectivity index (χ1v) is 14.2. The molecule has 2 rings (SSSR count). The molecule has 0 atom stereocenters. The van der Waals surface area contributed by atoms with Gasteiger partial charge in [0.15, 0.2) is 6.20 Å². The molecule has 1 aromatic heterocycles. The quantitative estimate of drug-likeness (QED) is 0.151. The van der Waals surface area contributed by atoms with Gasteiger partial charge < -0.3 is 10.2 Å². The zero-order chi connectivity index (χ0) is 23.2. The lowest BCUT2D eigenvalue weighted by molar-refractivity contribution is -0.695. The van der Waals surface area contributed by atoms with E-state index >= 15 is 0 Å². The Labute approximate surface area is 203 Å². The van der Waals surface area contributed by atoms with Crippen molar-refractivity contribution in [2.24, 2.45) is 0 Å². The molecular weight excluding hydrogens is 430 g/mol. The van der Waals surface area contributed by atoms with Crippen molar-refractivity contribution >= 4 is 39.4 Å². The second-order valence-electron chi connectivity index (χ2n) is 7.73. The van der Waals surface area contributed by atoms with Gasteiger partial charge in [0.1, 0.15) is 6.54 Å². The summed E-state index contributed by atoms with van der Waals surface area (Å²) in [6.07, 6.45) is 6.69. The number of nitrogens with one attached hydrogen (secondary N) is 1. The lowest BCUT2D eigenvalue weighted by atomic mass is 10.0. The van der Waals surface area contributed by atoms with E-state index in [0.29, 0.717) is 0 Å². The molecule has 5 heteroatoms. The summed E-state index contributed by atoms with van der Waals surface area (Å²) in [6.45, 7) is 16.2. The Morgan fingerprint density at radius 2 is 1.66 bits per heavy atom. The third-order valence-electron chi connectivity index (χ3n) is 5.47. The van der Waals surface area contributed by atoms with E-state index in [1.807, 2.05) is 21.6 Å². The first kappa shape index (κ1) is 26.6. The summed E-state index contributed by atoms with van der Waals surface area (Å²) in [5.41, 5.74) is 6.39. The van der Waals surface area contributed by atoms with E-state index in [1.54, 1.807) is 0 Å². The second kappa shape index (κ2) is 15.2. The summed E-state index contributed by atoms with van der Waals surface area (Å²) in [7, 11) is 3.95. The van der Waals surface area contributed by atoms with Crippen molar-refractivity contribution in [3.05, 3.63) is 71.1 Å². The van der Waals surface area contributed by atoms with Crippen LogP contribution in [0.4, 0.5) is 5.69 Å². The van der Waals surface area contributed by atoms with E-state index < -0.39 is 0 Å². The predicted octanol–water partition coefficient (Wildman–Crippen LogP) is 6.32. The topological polar surface area (TPSA) is 19.1 Å².